The number of rotatable bonds is 5. The molecule has 0 aliphatic carbocycles. The second kappa shape index (κ2) is 6.74. The highest BCUT2D eigenvalue weighted by Gasteiger charge is 2.21. The molecule has 5 nitrogen and oxygen atoms in total. The summed E-state index contributed by atoms with van der Waals surface area (Å²) in [6, 6.07) is 10.7. The molecule has 2 rings (SSSR count). The van der Waals surface area contributed by atoms with Gasteiger partial charge < -0.3 is 14.8 Å². The van der Waals surface area contributed by atoms with Crippen LogP contribution >= 0.6 is 0 Å². The average molecular weight is 286 g/mol. The summed E-state index contributed by atoms with van der Waals surface area (Å²) >= 11 is 0. The lowest BCUT2D eigenvalue weighted by Crippen LogP contribution is -2.22. The third-order valence-electron chi connectivity index (χ3n) is 3.10. The largest absolute Gasteiger partial charge is 0.481 e. The molecule has 1 aromatic heterocycles. The van der Waals surface area contributed by atoms with E-state index in [1.165, 1.54) is 7.11 Å². The van der Waals surface area contributed by atoms with Crippen molar-refractivity contribution in [3.63, 3.8) is 0 Å². The summed E-state index contributed by atoms with van der Waals surface area (Å²) < 4.78 is 9.88. The maximum absolute atomic E-state index is 12.0. The van der Waals surface area contributed by atoms with Gasteiger partial charge in [-0.3, -0.25) is 0 Å². The molecule has 0 radical (unpaired) electrons. The van der Waals surface area contributed by atoms with Gasteiger partial charge in [0.1, 0.15) is 0 Å². The molecule has 0 fully saturated rings. The van der Waals surface area contributed by atoms with Gasteiger partial charge in [0.2, 0.25) is 5.88 Å². The summed E-state index contributed by atoms with van der Waals surface area (Å²) in [6.07, 6.45) is 1.60. The Morgan fingerprint density at radius 3 is 2.38 bits per heavy atom. The summed E-state index contributed by atoms with van der Waals surface area (Å²) in [5.41, 5.74) is 2.70. The summed E-state index contributed by atoms with van der Waals surface area (Å²) in [5, 5.41) is 3.16. The van der Waals surface area contributed by atoms with Crippen molar-refractivity contribution in [2.75, 3.05) is 19.5 Å². The molecular formula is C16H18N2O3. The summed E-state index contributed by atoms with van der Waals surface area (Å²) in [7, 11) is 2.91. The van der Waals surface area contributed by atoms with Gasteiger partial charge in [-0.25, -0.2) is 9.78 Å². The quantitative estimate of drug-likeness (QED) is 0.856. The predicted octanol–water partition coefficient (Wildman–Crippen LogP) is 2.72. The van der Waals surface area contributed by atoms with Crippen LogP contribution in [0.4, 0.5) is 5.69 Å². The number of esters is 1. The van der Waals surface area contributed by atoms with Crippen molar-refractivity contribution >= 4 is 11.7 Å². The Balaban J connectivity index is 2.25. The lowest BCUT2D eigenvalue weighted by molar-refractivity contribution is -0.141. The monoisotopic (exact) mass is 286 g/mol. The van der Waals surface area contributed by atoms with Crippen LogP contribution in [-0.4, -0.2) is 25.2 Å². The molecule has 1 unspecified atom stereocenters. The second-order valence-corrected chi connectivity index (χ2v) is 4.60. The molecule has 2 aromatic rings. The number of aromatic nitrogens is 1. The molecule has 0 spiro atoms. The number of hydrogen-bond donors (Lipinski definition) is 1. The van der Waals surface area contributed by atoms with Gasteiger partial charge in [-0.1, -0.05) is 17.7 Å². The van der Waals surface area contributed by atoms with E-state index in [4.69, 9.17) is 9.47 Å². The third kappa shape index (κ3) is 3.72. The minimum atomic E-state index is -0.615. The molecule has 0 aliphatic rings. The fourth-order valence-electron chi connectivity index (χ4n) is 1.90. The Kier molecular flexibility index (Phi) is 4.77. The van der Waals surface area contributed by atoms with Gasteiger partial charge in [-0.05, 0) is 25.1 Å². The third-order valence-corrected chi connectivity index (χ3v) is 3.10. The predicted molar refractivity (Wildman–Crippen MR) is 80.3 cm³/mol. The second-order valence-electron chi connectivity index (χ2n) is 4.60. The number of pyridine rings is 1. The number of nitrogens with one attached hydrogen (secondary N) is 1. The molecule has 1 N–H and O–H groups in total. The average Bonchev–Trinajstić information content (AvgIpc) is 2.54. The molecule has 0 saturated carbocycles. The number of benzene rings is 1. The van der Waals surface area contributed by atoms with Crippen molar-refractivity contribution in [2.24, 2.45) is 0 Å². The van der Waals surface area contributed by atoms with E-state index in [0.29, 0.717) is 11.4 Å². The Morgan fingerprint density at radius 2 is 1.86 bits per heavy atom. The molecule has 0 amide bonds. The van der Waals surface area contributed by atoms with Crippen molar-refractivity contribution in [1.82, 2.24) is 4.98 Å². The van der Waals surface area contributed by atoms with Gasteiger partial charge in [0.05, 0.1) is 14.2 Å². The lowest BCUT2D eigenvalue weighted by atomic mass is 10.1. The number of anilines is 1. The van der Waals surface area contributed by atoms with Crippen LogP contribution in [-0.2, 0) is 9.53 Å². The molecular weight excluding hydrogens is 268 g/mol. The van der Waals surface area contributed by atoms with Gasteiger partial charge >= 0.3 is 5.97 Å². The van der Waals surface area contributed by atoms with E-state index in [1.54, 1.807) is 25.4 Å². The summed E-state index contributed by atoms with van der Waals surface area (Å²) in [6.45, 7) is 2.01. The molecule has 0 bridgehead atoms. The van der Waals surface area contributed by atoms with Crippen LogP contribution in [0.3, 0.4) is 0 Å². The van der Waals surface area contributed by atoms with Crippen LogP contribution in [0.25, 0.3) is 0 Å². The molecule has 1 atom stereocenters. The zero-order valence-electron chi connectivity index (χ0n) is 12.3. The van der Waals surface area contributed by atoms with Crippen LogP contribution in [0.15, 0.2) is 42.6 Å². The van der Waals surface area contributed by atoms with Crippen LogP contribution in [0.2, 0.25) is 0 Å². The molecule has 5 heteroatoms. The first-order valence-corrected chi connectivity index (χ1v) is 6.55. The molecule has 110 valence electrons. The van der Waals surface area contributed by atoms with Crippen molar-refractivity contribution in [3.8, 4) is 5.88 Å². The number of methoxy groups -OCH3 is 2. The van der Waals surface area contributed by atoms with Gasteiger partial charge in [-0.2, -0.15) is 0 Å². The minimum Gasteiger partial charge on any atom is -0.481 e. The maximum atomic E-state index is 12.0. The van der Waals surface area contributed by atoms with E-state index in [1.807, 2.05) is 31.2 Å². The zero-order valence-corrected chi connectivity index (χ0v) is 12.3. The highest BCUT2D eigenvalue weighted by molar-refractivity contribution is 5.80. The Morgan fingerprint density at radius 1 is 1.14 bits per heavy atom. The first-order valence-electron chi connectivity index (χ1n) is 6.55. The Hall–Kier alpha value is -2.56. The normalized spacial score (nSPS) is 11.6. The summed E-state index contributed by atoms with van der Waals surface area (Å²) in [4.78, 5) is 16.1. The van der Waals surface area contributed by atoms with Gasteiger partial charge in [0.15, 0.2) is 6.04 Å². The molecule has 1 heterocycles. The van der Waals surface area contributed by atoms with Crippen molar-refractivity contribution in [3.05, 3.63) is 53.7 Å². The fraction of sp³-hybridized carbons (Fsp3) is 0.250. The highest BCUT2D eigenvalue weighted by Crippen LogP contribution is 2.22. The van der Waals surface area contributed by atoms with Crippen molar-refractivity contribution < 1.29 is 14.3 Å². The van der Waals surface area contributed by atoms with Gasteiger partial charge in [-0.15, -0.1) is 0 Å². The lowest BCUT2D eigenvalue weighted by Gasteiger charge is -2.18. The molecule has 1 aromatic carbocycles. The van der Waals surface area contributed by atoms with E-state index >= 15 is 0 Å². The number of carbonyl (C=O) groups excluding carboxylic acids is 1. The number of nitrogens with zero attached hydrogens (tertiary/aromatic N) is 1. The minimum absolute atomic E-state index is 0.373. The van der Waals surface area contributed by atoms with Crippen LogP contribution in [0.5, 0.6) is 5.88 Å². The first kappa shape index (κ1) is 14.8. The van der Waals surface area contributed by atoms with Crippen LogP contribution < -0.4 is 10.1 Å². The van der Waals surface area contributed by atoms with Crippen molar-refractivity contribution in [2.45, 2.75) is 13.0 Å². The van der Waals surface area contributed by atoms with Gasteiger partial charge in [0.25, 0.3) is 0 Å². The first-order chi connectivity index (χ1) is 10.1. The van der Waals surface area contributed by atoms with E-state index in [9.17, 15) is 4.79 Å². The number of hydrogen-bond acceptors (Lipinski definition) is 5. The smallest absolute Gasteiger partial charge is 0.333 e. The fourth-order valence-corrected chi connectivity index (χ4v) is 1.90. The Labute approximate surface area is 123 Å². The zero-order chi connectivity index (χ0) is 15.2. The topological polar surface area (TPSA) is 60.5 Å². The van der Waals surface area contributed by atoms with E-state index in [0.717, 1.165) is 11.3 Å². The van der Waals surface area contributed by atoms with Gasteiger partial charge in [0, 0.05) is 23.5 Å². The maximum Gasteiger partial charge on any atom is 0.333 e. The standard InChI is InChI=1S/C16H18N2O3/c1-11-4-7-13(8-5-11)18-15(16(19)21-3)12-6-9-14(20-2)17-10-12/h4-10,15,18H,1-3H3. The van der Waals surface area contributed by atoms with Crippen LogP contribution in [0, 0.1) is 6.92 Å². The van der Waals surface area contributed by atoms with Crippen LogP contribution in [0.1, 0.15) is 17.2 Å². The number of carbonyl (C=O) groups is 1. The number of aryl methyl sites for hydroxylation is 1. The van der Waals surface area contributed by atoms with E-state index < -0.39 is 6.04 Å². The summed E-state index contributed by atoms with van der Waals surface area (Å²) in [5.74, 6) is 0.125. The Bertz CT molecular complexity index is 594. The number of ether oxygens (including phenoxy) is 2. The molecule has 0 aliphatic heterocycles. The highest BCUT2D eigenvalue weighted by atomic mass is 16.5. The van der Waals surface area contributed by atoms with Crippen molar-refractivity contribution in [1.29, 1.82) is 0 Å². The van der Waals surface area contributed by atoms with E-state index in [-0.39, 0.29) is 5.97 Å². The van der Waals surface area contributed by atoms with E-state index in [2.05, 4.69) is 10.3 Å². The molecule has 21 heavy (non-hydrogen) atoms. The molecule has 0 saturated heterocycles. The SMILES string of the molecule is COC(=O)C(Nc1ccc(C)cc1)c1ccc(OC)nc1.